The van der Waals surface area contributed by atoms with E-state index in [4.69, 9.17) is 20.8 Å². The van der Waals surface area contributed by atoms with E-state index in [0.717, 1.165) is 24.7 Å². The van der Waals surface area contributed by atoms with E-state index in [1.807, 2.05) is 0 Å². The largest absolute Gasteiger partial charge is 0.416 e. The molecule has 1 heterocycles. The zero-order valence-corrected chi connectivity index (χ0v) is 17.6. The van der Waals surface area contributed by atoms with Gasteiger partial charge in [-0.25, -0.2) is 17.2 Å². The highest BCUT2D eigenvalue weighted by atomic mass is 35.5. The van der Waals surface area contributed by atoms with Crippen LogP contribution >= 0.6 is 11.6 Å². The molecule has 0 radical (unpaired) electrons. The van der Waals surface area contributed by atoms with Gasteiger partial charge in [0.2, 0.25) is 10.0 Å². The fourth-order valence-electron chi connectivity index (χ4n) is 2.50. The van der Waals surface area contributed by atoms with E-state index in [0.29, 0.717) is 10.8 Å². The number of carbonyl (C=O) groups excluding carboxylic acids is 1. The summed E-state index contributed by atoms with van der Waals surface area (Å²) in [7, 11) is -3.83. The molecule has 1 amide bonds. The van der Waals surface area contributed by atoms with Gasteiger partial charge in [-0.1, -0.05) is 17.7 Å². The van der Waals surface area contributed by atoms with Gasteiger partial charge in [0.25, 0.3) is 5.91 Å². The second-order valence-corrected chi connectivity index (χ2v) is 8.56. The number of benzene rings is 2. The summed E-state index contributed by atoms with van der Waals surface area (Å²) in [5, 5.41) is 2.98. The first-order valence-corrected chi connectivity index (χ1v) is 11.0. The molecule has 0 bridgehead atoms. The molecule has 2 aromatic carbocycles. The van der Waals surface area contributed by atoms with Crippen LogP contribution in [0.5, 0.6) is 11.8 Å². The molecule has 0 saturated carbocycles. The molecule has 3 aromatic rings. The summed E-state index contributed by atoms with van der Waals surface area (Å²) >= 11 is 5.86. The van der Waals surface area contributed by atoms with E-state index in [9.17, 15) is 22.0 Å². The number of sulfonamides is 1. The van der Waals surface area contributed by atoms with Crippen molar-refractivity contribution in [1.29, 1.82) is 0 Å². The van der Waals surface area contributed by atoms with Gasteiger partial charge in [-0.15, -0.1) is 0 Å². The van der Waals surface area contributed by atoms with Crippen molar-refractivity contribution in [2.45, 2.75) is 6.42 Å². The molecule has 0 aliphatic carbocycles. The van der Waals surface area contributed by atoms with Gasteiger partial charge in [0, 0.05) is 11.6 Å². The summed E-state index contributed by atoms with van der Waals surface area (Å²) in [6.07, 6.45) is 1.80. The lowest BCUT2D eigenvalue weighted by Gasteiger charge is -2.09. The molecular formula is C19H16ClF2N3O5S. The summed E-state index contributed by atoms with van der Waals surface area (Å²) < 4.78 is 62.6. The van der Waals surface area contributed by atoms with Crippen LogP contribution in [-0.2, 0) is 16.4 Å². The molecule has 0 fully saturated rings. The quantitative estimate of drug-likeness (QED) is 0.517. The van der Waals surface area contributed by atoms with Gasteiger partial charge in [-0.2, -0.15) is 4.98 Å². The molecule has 2 N–H and O–H groups in total. The van der Waals surface area contributed by atoms with Crippen LogP contribution in [0.2, 0.25) is 5.02 Å². The third kappa shape index (κ3) is 6.40. The number of ether oxygens (including phenoxy) is 1. The SMILES string of the molecule is CS(=O)(=O)Nc1c(F)cc(CCNC(=O)c2coc(Oc3cccc(Cl)c3)n2)cc1F. The second-order valence-electron chi connectivity index (χ2n) is 6.37. The van der Waals surface area contributed by atoms with Gasteiger partial charge in [0.1, 0.15) is 17.7 Å². The number of amides is 1. The molecule has 0 aliphatic heterocycles. The first kappa shape index (κ1) is 22.5. The molecule has 31 heavy (non-hydrogen) atoms. The molecule has 0 aliphatic rings. The van der Waals surface area contributed by atoms with Crippen LogP contribution in [0, 0.1) is 11.6 Å². The summed E-state index contributed by atoms with van der Waals surface area (Å²) in [4.78, 5) is 16.1. The van der Waals surface area contributed by atoms with Gasteiger partial charge in [0.15, 0.2) is 17.3 Å². The first-order valence-electron chi connectivity index (χ1n) is 8.73. The van der Waals surface area contributed by atoms with Crippen LogP contribution in [0.15, 0.2) is 47.1 Å². The lowest BCUT2D eigenvalue weighted by Crippen LogP contribution is -2.26. The van der Waals surface area contributed by atoms with Gasteiger partial charge >= 0.3 is 6.08 Å². The van der Waals surface area contributed by atoms with Crippen molar-refractivity contribution in [3.63, 3.8) is 0 Å². The van der Waals surface area contributed by atoms with Crippen LogP contribution in [0.25, 0.3) is 0 Å². The average Bonchev–Trinajstić information content (AvgIpc) is 3.12. The Kier molecular flexibility index (Phi) is 6.76. The fourth-order valence-corrected chi connectivity index (χ4v) is 3.25. The van der Waals surface area contributed by atoms with Crippen molar-refractivity contribution >= 4 is 33.2 Å². The second kappa shape index (κ2) is 9.31. The highest BCUT2D eigenvalue weighted by molar-refractivity contribution is 7.92. The Morgan fingerprint density at radius 1 is 1.23 bits per heavy atom. The summed E-state index contributed by atoms with van der Waals surface area (Å²) in [5.74, 6) is -2.34. The number of anilines is 1. The minimum absolute atomic E-state index is 0.0356. The van der Waals surface area contributed by atoms with E-state index in [2.05, 4.69) is 10.3 Å². The third-order valence-electron chi connectivity index (χ3n) is 3.81. The minimum Gasteiger partial charge on any atom is -0.416 e. The van der Waals surface area contributed by atoms with Gasteiger partial charge < -0.3 is 14.5 Å². The zero-order valence-electron chi connectivity index (χ0n) is 16.0. The number of hydrogen-bond acceptors (Lipinski definition) is 6. The topological polar surface area (TPSA) is 111 Å². The smallest absolute Gasteiger partial charge is 0.399 e. The highest BCUT2D eigenvalue weighted by Gasteiger charge is 2.16. The molecule has 0 unspecified atom stereocenters. The van der Waals surface area contributed by atoms with E-state index in [-0.39, 0.29) is 30.3 Å². The number of nitrogens with zero attached hydrogens (tertiary/aromatic N) is 1. The zero-order chi connectivity index (χ0) is 22.6. The molecule has 8 nitrogen and oxygen atoms in total. The van der Waals surface area contributed by atoms with Crippen molar-refractivity contribution in [3.8, 4) is 11.8 Å². The van der Waals surface area contributed by atoms with Crippen molar-refractivity contribution in [3.05, 3.63) is 70.6 Å². The Hall–Kier alpha value is -3.18. The molecular weight excluding hydrogens is 456 g/mol. The Labute approximate surface area is 181 Å². The Morgan fingerprint density at radius 2 is 1.94 bits per heavy atom. The molecule has 1 aromatic heterocycles. The predicted octanol–water partition coefficient (Wildman–Crippen LogP) is 3.74. The number of rotatable bonds is 8. The Balaban J connectivity index is 1.56. The van der Waals surface area contributed by atoms with Gasteiger partial charge in [-0.3, -0.25) is 9.52 Å². The Morgan fingerprint density at radius 3 is 2.58 bits per heavy atom. The first-order chi connectivity index (χ1) is 14.6. The monoisotopic (exact) mass is 471 g/mol. The van der Waals surface area contributed by atoms with Crippen LogP contribution in [-0.4, -0.2) is 32.1 Å². The van der Waals surface area contributed by atoms with Crippen LogP contribution in [0.3, 0.4) is 0 Å². The van der Waals surface area contributed by atoms with Gasteiger partial charge in [0.05, 0.1) is 6.26 Å². The highest BCUT2D eigenvalue weighted by Crippen LogP contribution is 2.24. The molecule has 12 heteroatoms. The Bertz CT molecular complexity index is 1190. The maximum Gasteiger partial charge on any atom is 0.399 e. The third-order valence-corrected chi connectivity index (χ3v) is 4.62. The maximum absolute atomic E-state index is 14.0. The van der Waals surface area contributed by atoms with E-state index in [1.54, 1.807) is 29.0 Å². The number of carbonyl (C=O) groups is 1. The molecule has 164 valence electrons. The van der Waals surface area contributed by atoms with Crippen LogP contribution in [0.1, 0.15) is 16.1 Å². The van der Waals surface area contributed by atoms with Crippen molar-refractivity contribution in [2.75, 3.05) is 17.5 Å². The summed E-state index contributed by atoms with van der Waals surface area (Å²) in [5.41, 5.74) is -0.591. The van der Waals surface area contributed by atoms with Gasteiger partial charge in [-0.05, 0) is 42.3 Å². The fraction of sp³-hybridized carbons (Fsp3) is 0.158. The number of oxazole rings is 1. The summed E-state index contributed by atoms with van der Waals surface area (Å²) in [6, 6.07) is 8.47. The van der Waals surface area contributed by atoms with Crippen molar-refractivity contribution in [2.24, 2.45) is 0 Å². The number of aromatic nitrogens is 1. The summed E-state index contributed by atoms with van der Waals surface area (Å²) in [6.45, 7) is 0.0356. The molecule has 0 spiro atoms. The van der Waals surface area contributed by atoms with Crippen LogP contribution < -0.4 is 14.8 Å². The number of halogens is 3. The minimum atomic E-state index is -3.83. The van der Waals surface area contributed by atoms with Crippen LogP contribution in [0.4, 0.5) is 14.5 Å². The maximum atomic E-state index is 14.0. The standard InChI is InChI=1S/C19H16ClF2N3O5S/c1-31(27,28)25-17-14(21)7-11(8-15(17)22)5-6-23-18(26)16-10-29-19(24-16)30-13-4-2-3-12(20)9-13/h2-4,7-10,25H,5-6H2,1H3,(H,23,26). The predicted molar refractivity (Wildman–Crippen MR) is 109 cm³/mol. The normalized spacial score (nSPS) is 11.2. The number of hydrogen-bond donors (Lipinski definition) is 2. The molecule has 0 saturated heterocycles. The lowest BCUT2D eigenvalue weighted by molar-refractivity contribution is 0.0949. The lowest BCUT2D eigenvalue weighted by atomic mass is 10.1. The van der Waals surface area contributed by atoms with E-state index >= 15 is 0 Å². The van der Waals surface area contributed by atoms with E-state index in [1.165, 1.54) is 0 Å². The van der Waals surface area contributed by atoms with Crippen molar-refractivity contribution < 1.29 is 31.1 Å². The average molecular weight is 472 g/mol. The number of nitrogens with one attached hydrogen (secondary N) is 2. The molecule has 3 rings (SSSR count). The van der Waals surface area contributed by atoms with Crippen molar-refractivity contribution in [1.82, 2.24) is 10.3 Å². The molecule has 0 atom stereocenters. The van der Waals surface area contributed by atoms with E-state index < -0.39 is 33.3 Å².